The first-order valence-corrected chi connectivity index (χ1v) is 9.94. The second-order valence-corrected chi connectivity index (χ2v) is 7.47. The minimum atomic E-state index is 0.0211. The van der Waals surface area contributed by atoms with Gasteiger partial charge < -0.3 is 14.7 Å². The molecule has 0 aliphatic heterocycles. The van der Waals surface area contributed by atoms with Crippen LogP contribution in [0.3, 0.4) is 0 Å². The van der Waals surface area contributed by atoms with E-state index >= 15 is 0 Å². The number of phenolic OH excluding ortho intramolecular Hbond substituents is 1. The summed E-state index contributed by atoms with van der Waals surface area (Å²) in [6, 6.07) is 20.6. The van der Waals surface area contributed by atoms with Gasteiger partial charge in [0.25, 0.3) is 0 Å². The Balaban J connectivity index is 1.59. The molecule has 0 spiro atoms. The molecule has 4 nitrogen and oxygen atoms in total. The summed E-state index contributed by atoms with van der Waals surface area (Å²) in [7, 11) is 0. The number of aromatic hydroxyl groups is 1. The van der Waals surface area contributed by atoms with Crippen LogP contribution in [0, 0.1) is 6.92 Å². The summed E-state index contributed by atoms with van der Waals surface area (Å²) < 4.78 is 5.79. The fraction of sp³-hybridized carbons (Fsp3) is 0.160. The van der Waals surface area contributed by atoms with E-state index in [1.54, 1.807) is 18.2 Å². The molecule has 3 aromatic rings. The molecule has 154 valence electrons. The quantitative estimate of drug-likeness (QED) is 0.255. The van der Waals surface area contributed by atoms with Crippen molar-refractivity contribution in [2.75, 3.05) is 0 Å². The summed E-state index contributed by atoms with van der Waals surface area (Å²) in [5.74, 6) is 0.843. The maximum Gasteiger partial charge on any atom is 0.161 e. The maximum atomic E-state index is 10.4. The summed E-state index contributed by atoms with van der Waals surface area (Å²) in [5.41, 5.74) is 4.57. The fourth-order valence-electron chi connectivity index (χ4n) is 2.88. The highest BCUT2D eigenvalue weighted by Crippen LogP contribution is 2.29. The molecule has 0 atom stereocenters. The van der Waals surface area contributed by atoms with E-state index in [1.165, 1.54) is 0 Å². The molecule has 0 aromatic heterocycles. The number of halogens is 1. The molecular weight excluding hydrogens is 398 g/mol. The van der Waals surface area contributed by atoms with Crippen LogP contribution in [0.5, 0.6) is 11.5 Å². The van der Waals surface area contributed by atoms with Gasteiger partial charge in [-0.15, -0.1) is 0 Å². The van der Waals surface area contributed by atoms with Crippen molar-refractivity contribution in [3.05, 3.63) is 101 Å². The molecule has 0 aliphatic carbocycles. The molecule has 30 heavy (non-hydrogen) atoms. The van der Waals surface area contributed by atoms with Gasteiger partial charge in [0, 0.05) is 17.5 Å². The van der Waals surface area contributed by atoms with Crippen LogP contribution in [0.1, 0.15) is 29.2 Å². The molecule has 0 amide bonds. The molecule has 0 unspecified atom stereocenters. The van der Waals surface area contributed by atoms with E-state index in [0.717, 1.165) is 22.4 Å². The predicted octanol–water partition coefficient (Wildman–Crippen LogP) is 6.54. The molecular formula is C25H24ClNO3. The smallest absolute Gasteiger partial charge is 0.161 e. The Morgan fingerprint density at radius 2 is 1.80 bits per heavy atom. The van der Waals surface area contributed by atoms with Gasteiger partial charge in [-0.3, -0.25) is 0 Å². The lowest BCUT2D eigenvalue weighted by Gasteiger charge is -2.11. The highest BCUT2D eigenvalue weighted by molar-refractivity contribution is 6.30. The minimum absolute atomic E-state index is 0.0211. The Kier molecular flexibility index (Phi) is 7.15. The fourth-order valence-corrected chi connectivity index (χ4v) is 3.01. The van der Waals surface area contributed by atoms with Crippen LogP contribution < -0.4 is 4.74 Å². The number of nitrogens with zero attached hydrogens (tertiary/aromatic N) is 1. The number of aryl methyl sites for hydroxylation is 1. The van der Waals surface area contributed by atoms with Crippen molar-refractivity contribution in [3.63, 3.8) is 0 Å². The number of rotatable bonds is 8. The number of phenols is 1. The third-order valence-electron chi connectivity index (χ3n) is 4.61. The Bertz CT molecular complexity index is 1060. The second kappa shape index (κ2) is 9.99. The van der Waals surface area contributed by atoms with Gasteiger partial charge in [0.1, 0.15) is 18.1 Å². The third-order valence-corrected chi connectivity index (χ3v) is 4.86. The molecule has 0 bridgehead atoms. The number of ether oxygens (including phenoxy) is 1. The molecule has 0 radical (unpaired) electrons. The van der Waals surface area contributed by atoms with Crippen LogP contribution in [0.15, 0.2) is 78.5 Å². The second-order valence-electron chi connectivity index (χ2n) is 7.04. The first-order chi connectivity index (χ1) is 14.4. The molecule has 0 heterocycles. The first kappa shape index (κ1) is 21.5. The summed E-state index contributed by atoms with van der Waals surface area (Å²) in [5, 5.41) is 15.2. The Morgan fingerprint density at radius 1 is 1.07 bits per heavy atom. The molecule has 0 saturated heterocycles. The number of oxime groups is 1. The van der Waals surface area contributed by atoms with Crippen LogP contribution in [-0.2, 0) is 17.9 Å². The van der Waals surface area contributed by atoms with Crippen LogP contribution in [0.2, 0.25) is 5.02 Å². The average Bonchev–Trinajstić information content (AvgIpc) is 2.73. The van der Waals surface area contributed by atoms with Gasteiger partial charge in [-0.2, -0.15) is 0 Å². The first-order valence-electron chi connectivity index (χ1n) is 9.57. The minimum Gasteiger partial charge on any atom is -0.507 e. The molecule has 3 aromatic carbocycles. The van der Waals surface area contributed by atoms with E-state index in [4.69, 9.17) is 21.2 Å². The van der Waals surface area contributed by atoms with E-state index in [1.807, 2.05) is 62.4 Å². The zero-order valence-corrected chi connectivity index (χ0v) is 17.8. The van der Waals surface area contributed by atoms with E-state index in [-0.39, 0.29) is 11.5 Å². The Labute approximate surface area is 182 Å². The van der Waals surface area contributed by atoms with Crippen LogP contribution in [0.25, 0.3) is 5.76 Å². The number of hydrogen-bond acceptors (Lipinski definition) is 4. The van der Waals surface area contributed by atoms with E-state index in [0.29, 0.717) is 29.4 Å². The van der Waals surface area contributed by atoms with Gasteiger partial charge in [0.05, 0.1) is 11.3 Å². The predicted molar refractivity (Wildman–Crippen MR) is 122 cm³/mol. The zero-order valence-electron chi connectivity index (χ0n) is 17.1. The zero-order chi connectivity index (χ0) is 21.5. The Morgan fingerprint density at radius 3 is 2.50 bits per heavy atom. The van der Waals surface area contributed by atoms with Gasteiger partial charge in [-0.1, -0.05) is 59.7 Å². The number of benzene rings is 3. The van der Waals surface area contributed by atoms with Gasteiger partial charge in [0.2, 0.25) is 0 Å². The van der Waals surface area contributed by atoms with Crippen molar-refractivity contribution in [2.24, 2.45) is 5.16 Å². The summed E-state index contributed by atoms with van der Waals surface area (Å²) in [6.07, 6.45) is 0.627. The van der Waals surface area contributed by atoms with Gasteiger partial charge in [-0.05, 0) is 54.8 Å². The van der Waals surface area contributed by atoms with Gasteiger partial charge in [-0.25, -0.2) is 0 Å². The van der Waals surface area contributed by atoms with Crippen molar-refractivity contribution >= 4 is 23.1 Å². The SMILES string of the molecule is C=C(O/N=C(/C)Cc1ccc(Cl)cc1)c1ccc(OCc2ccccc2C)cc1O. The molecule has 0 aliphatic rings. The van der Waals surface area contributed by atoms with Crippen molar-refractivity contribution in [2.45, 2.75) is 26.9 Å². The number of hydrogen-bond donors (Lipinski definition) is 1. The summed E-state index contributed by atoms with van der Waals surface area (Å²) in [6.45, 7) is 8.19. The molecule has 0 saturated carbocycles. The maximum absolute atomic E-state index is 10.4. The standard InChI is InChI=1S/C25H24ClNO3/c1-17-6-4-5-7-21(17)16-29-23-12-13-24(25(28)15-23)19(3)30-27-18(2)14-20-8-10-22(26)11-9-20/h4-13,15,28H,3,14,16H2,1-2H3/b27-18-. The van der Waals surface area contributed by atoms with Crippen LogP contribution in [0.4, 0.5) is 0 Å². The van der Waals surface area contributed by atoms with Gasteiger partial charge >= 0.3 is 0 Å². The van der Waals surface area contributed by atoms with E-state index in [9.17, 15) is 5.11 Å². The average molecular weight is 422 g/mol. The molecule has 0 fully saturated rings. The van der Waals surface area contributed by atoms with Crippen LogP contribution >= 0.6 is 11.6 Å². The van der Waals surface area contributed by atoms with Crippen LogP contribution in [-0.4, -0.2) is 10.8 Å². The van der Waals surface area contributed by atoms with E-state index in [2.05, 4.69) is 11.7 Å². The van der Waals surface area contributed by atoms with Crippen molar-refractivity contribution in [1.29, 1.82) is 0 Å². The lowest BCUT2D eigenvalue weighted by molar-refractivity contribution is 0.293. The highest BCUT2D eigenvalue weighted by atomic mass is 35.5. The topological polar surface area (TPSA) is 51.0 Å². The normalized spacial score (nSPS) is 11.2. The van der Waals surface area contributed by atoms with Gasteiger partial charge in [0.15, 0.2) is 5.76 Å². The lowest BCUT2D eigenvalue weighted by Crippen LogP contribution is -1.99. The lowest BCUT2D eigenvalue weighted by atomic mass is 10.1. The monoisotopic (exact) mass is 421 g/mol. The Hall–Kier alpha value is -3.24. The summed E-state index contributed by atoms with van der Waals surface area (Å²) in [4.78, 5) is 5.42. The van der Waals surface area contributed by atoms with E-state index < -0.39 is 0 Å². The van der Waals surface area contributed by atoms with Crippen molar-refractivity contribution in [3.8, 4) is 11.5 Å². The summed E-state index contributed by atoms with van der Waals surface area (Å²) >= 11 is 5.90. The highest BCUT2D eigenvalue weighted by Gasteiger charge is 2.10. The van der Waals surface area contributed by atoms with Crippen molar-refractivity contribution < 1.29 is 14.7 Å². The molecule has 3 rings (SSSR count). The van der Waals surface area contributed by atoms with Crippen molar-refractivity contribution in [1.82, 2.24) is 0 Å². The molecule has 1 N–H and O–H groups in total. The largest absolute Gasteiger partial charge is 0.507 e. The molecule has 5 heteroatoms. The third kappa shape index (κ3) is 5.88.